The molecular weight excluding hydrogens is 152 g/mol. The number of rotatable bonds is 3. The Hall–Kier alpha value is -0.830. The van der Waals surface area contributed by atoms with Crippen molar-refractivity contribution in [3.8, 4) is 0 Å². The summed E-state index contributed by atoms with van der Waals surface area (Å²) in [6.07, 6.45) is 0.648. The highest BCUT2D eigenvalue weighted by Gasteiger charge is 1.93. The quantitative estimate of drug-likeness (QED) is 0.646. The number of hydrogen-bond acceptors (Lipinski definition) is 2. The van der Waals surface area contributed by atoms with Gasteiger partial charge in [-0.15, -0.1) is 0 Å². The number of nitrogens with two attached hydrogens (primary N) is 1. The predicted octanol–water partition coefficient (Wildman–Crippen LogP) is 1.01. The molecule has 0 saturated carbocycles. The zero-order chi connectivity index (χ0) is 10.1. The number of nitrogens with zero attached hydrogens (tertiary/aromatic N) is 1. The smallest absolute Gasteiger partial charge is 0.244 e. The zero-order valence-corrected chi connectivity index (χ0v) is 8.55. The third kappa shape index (κ3) is 11.9. The van der Waals surface area contributed by atoms with Crippen LogP contribution in [0.4, 0.5) is 0 Å². The average molecular weight is 172 g/mol. The molecule has 0 unspecified atom stereocenters. The first-order valence-corrected chi connectivity index (χ1v) is 4.07. The van der Waals surface area contributed by atoms with Gasteiger partial charge in [-0.25, -0.2) is 0 Å². The number of amides is 1. The third-order valence-corrected chi connectivity index (χ3v) is 1.41. The predicted molar refractivity (Wildman–Crippen MR) is 52.9 cm³/mol. The molecule has 0 atom stereocenters. The van der Waals surface area contributed by atoms with E-state index in [9.17, 15) is 4.79 Å². The molecule has 1 amide bonds. The summed E-state index contributed by atoms with van der Waals surface area (Å²) in [5, 5.41) is 0. The lowest BCUT2D eigenvalue weighted by atomic mass is 10.2. The highest BCUT2D eigenvalue weighted by Crippen LogP contribution is 1.91. The molecule has 0 rings (SSSR count). The van der Waals surface area contributed by atoms with Crippen LogP contribution in [0.15, 0.2) is 12.2 Å². The van der Waals surface area contributed by atoms with Crippen LogP contribution in [0.5, 0.6) is 0 Å². The van der Waals surface area contributed by atoms with E-state index < -0.39 is 5.91 Å². The van der Waals surface area contributed by atoms with Gasteiger partial charge >= 0.3 is 0 Å². The summed E-state index contributed by atoms with van der Waals surface area (Å²) in [5.41, 5.74) is 5.29. The van der Waals surface area contributed by atoms with Gasteiger partial charge in [0, 0.05) is 5.57 Å². The summed E-state index contributed by atoms with van der Waals surface area (Å²) in [6.45, 7) is 8.50. The molecule has 3 heteroatoms. The van der Waals surface area contributed by atoms with E-state index in [4.69, 9.17) is 5.73 Å². The van der Waals surface area contributed by atoms with Crippen molar-refractivity contribution in [2.24, 2.45) is 5.73 Å². The Balaban J connectivity index is 0. The number of hydrogen-bond donors (Lipinski definition) is 1. The molecule has 0 radical (unpaired) electrons. The van der Waals surface area contributed by atoms with Gasteiger partial charge < -0.3 is 10.6 Å². The molecule has 0 aromatic rings. The zero-order valence-electron chi connectivity index (χ0n) is 8.55. The first kappa shape index (κ1) is 13.7. The summed E-state index contributed by atoms with van der Waals surface area (Å²) < 4.78 is 0. The van der Waals surface area contributed by atoms with Gasteiger partial charge in [0.1, 0.15) is 0 Å². The Morgan fingerprint density at radius 3 is 1.75 bits per heavy atom. The Labute approximate surface area is 75.2 Å². The minimum absolute atomic E-state index is 0.400. The van der Waals surface area contributed by atoms with E-state index in [-0.39, 0.29) is 0 Å². The van der Waals surface area contributed by atoms with Crippen LogP contribution in [0.2, 0.25) is 0 Å². The third-order valence-electron chi connectivity index (χ3n) is 1.41. The van der Waals surface area contributed by atoms with Crippen molar-refractivity contribution in [3.63, 3.8) is 0 Å². The van der Waals surface area contributed by atoms with E-state index in [1.807, 2.05) is 6.92 Å². The fourth-order valence-corrected chi connectivity index (χ4v) is 0.174. The van der Waals surface area contributed by atoms with Crippen LogP contribution in [0.1, 0.15) is 20.3 Å². The van der Waals surface area contributed by atoms with E-state index in [0.29, 0.717) is 12.0 Å². The molecule has 0 aromatic heterocycles. The normalized spacial score (nSPS) is 8.75. The minimum atomic E-state index is -0.400. The molecule has 72 valence electrons. The van der Waals surface area contributed by atoms with Gasteiger partial charge in [0.15, 0.2) is 0 Å². The fraction of sp³-hybridized carbons (Fsp3) is 0.667. The molecule has 0 aliphatic rings. The van der Waals surface area contributed by atoms with Crippen LogP contribution < -0.4 is 5.73 Å². The van der Waals surface area contributed by atoms with E-state index in [2.05, 4.69) is 32.5 Å². The van der Waals surface area contributed by atoms with Crippen molar-refractivity contribution in [1.29, 1.82) is 0 Å². The molecular formula is C9H20N2O. The second kappa shape index (κ2) is 8.27. The van der Waals surface area contributed by atoms with Gasteiger partial charge in [-0.05, 0) is 27.1 Å². The first-order chi connectivity index (χ1) is 5.45. The number of primary amides is 1. The molecule has 0 spiro atoms. The van der Waals surface area contributed by atoms with Crippen molar-refractivity contribution >= 4 is 5.91 Å². The maximum atomic E-state index is 10.1. The largest absolute Gasteiger partial charge is 0.366 e. The Bertz CT molecular complexity index is 141. The van der Waals surface area contributed by atoms with E-state index in [1.54, 1.807) is 0 Å². The molecule has 0 heterocycles. The molecule has 0 aromatic carbocycles. The molecule has 0 fully saturated rings. The van der Waals surface area contributed by atoms with E-state index in [0.717, 1.165) is 6.54 Å². The van der Waals surface area contributed by atoms with Gasteiger partial charge in [-0.2, -0.15) is 0 Å². The van der Waals surface area contributed by atoms with Crippen molar-refractivity contribution in [1.82, 2.24) is 4.90 Å². The van der Waals surface area contributed by atoms with E-state index >= 15 is 0 Å². The van der Waals surface area contributed by atoms with Gasteiger partial charge in [0.05, 0.1) is 0 Å². The lowest BCUT2D eigenvalue weighted by Gasteiger charge is -2.00. The van der Waals surface area contributed by atoms with Gasteiger partial charge in [-0.1, -0.05) is 20.4 Å². The second-order valence-electron chi connectivity index (χ2n) is 2.72. The van der Waals surface area contributed by atoms with Crippen LogP contribution in [-0.4, -0.2) is 31.4 Å². The maximum Gasteiger partial charge on any atom is 0.244 e. The molecule has 3 nitrogen and oxygen atoms in total. The molecule has 0 aliphatic heterocycles. The summed E-state index contributed by atoms with van der Waals surface area (Å²) in [6, 6.07) is 0. The Morgan fingerprint density at radius 2 is 1.75 bits per heavy atom. The maximum absolute atomic E-state index is 10.1. The minimum Gasteiger partial charge on any atom is -0.366 e. The highest BCUT2D eigenvalue weighted by atomic mass is 16.1. The number of carbonyl (C=O) groups is 1. The van der Waals surface area contributed by atoms with Crippen LogP contribution >= 0.6 is 0 Å². The van der Waals surface area contributed by atoms with Gasteiger partial charge in [0.25, 0.3) is 0 Å². The monoisotopic (exact) mass is 172 g/mol. The fourth-order valence-electron chi connectivity index (χ4n) is 0.174. The first-order valence-electron chi connectivity index (χ1n) is 4.07. The van der Waals surface area contributed by atoms with Gasteiger partial charge in [-0.3, -0.25) is 4.79 Å². The van der Waals surface area contributed by atoms with Crippen molar-refractivity contribution in [2.75, 3.05) is 20.6 Å². The summed E-state index contributed by atoms with van der Waals surface area (Å²) in [7, 11) is 4.11. The lowest BCUT2D eigenvalue weighted by molar-refractivity contribution is -0.114. The van der Waals surface area contributed by atoms with Crippen LogP contribution in [0.25, 0.3) is 0 Å². The molecule has 0 saturated heterocycles. The second-order valence-corrected chi connectivity index (χ2v) is 2.72. The Kier molecular flexibility index (Phi) is 9.47. The topological polar surface area (TPSA) is 46.3 Å². The SMILES string of the molecule is C=C(CC)C(N)=O.CCN(C)C. The summed E-state index contributed by atoms with van der Waals surface area (Å²) >= 11 is 0. The van der Waals surface area contributed by atoms with Crippen LogP contribution in [0.3, 0.4) is 0 Å². The van der Waals surface area contributed by atoms with Crippen molar-refractivity contribution < 1.29 is 4.79 Å². The molecule has 2 N–H and O–H groups in total. The average Bonchev–Trinajstić information content (AvgIpc) is 2.04. The lowest BCUT2D eigenvalue weighted by Crippen LogP contribution is -2.11. The summed E-state index contributed by atoms with van der Waals surface area (Å²) in [4.78, 5) is 12.2. The van der Waals surface area contributed by atoms with E-state index in [1.165, 1.54) is 0 Å². The highest BCUT2D eigenvalue weighted by molar-refractivity contribution is 5.91. The summed E-state index contributed by atoms with van der Waals surface area (Å²) in [5.74, 6) is -0.400. The van der Waals surface area contributed by atoms with Crippen molar-refractivity contribution in [2.45, 2.75) is 20.3 Å². The van der Waals surface area contributed by atoms with Gasteiger partial charge in [0.2, 0.25) is 5.91 Å². The van der Waals surface area contributed by atoms with Crippen LogP contribution in [-0.2, 0) is 4.79 Å². The molecule has 0 bridgehead atoms. The van der Waals surface area contributed by atoms with Crippen molar-refractivity contribution in [3.05, 3.63) is 12.2 Å². The molecule has 0 aliphatic carbocycles. The number of carbonyl (C=O) groups excluding carboxylic acids is 1. The molecule has 12 heavy (non-hydrogen) atoms. The van der Waals surface area contributed by atoms with Crippen LogP contribution in [0, 0.1) is 0 Å². The Morgan fingerprint density at radius 1 is 1.42 bits per heavy atom. The standard InChI is InChI=1S/C5H9NO.C4H11N/c1-3-4(2)5(6)7;1-4-5(2)3/h2-3H2,1H3,(H2,6,7);4H2,1-3H3.